The van der Waals surface area contributed by atoms with Crippen LogP contribution in [0.4, 0.5) is 0 Å². The lowest BCUT2D eigenvalue weighted by Gasteiger charge is -2.53. The summed E-state index contributed by atoms with van der Waals surface area (Å²) in [5.41, 5.74) is 3.08. The Morgan fingerprint density at radius 1 is 1.44 bits per heavy atom. The molecule has 0 saturated carbocycles. The molecule has 1 saturated heterocycles. The van der Waals surface area contributed by atoms with E-state index in [4.69, 9.17) is 0 Å². The second kappa shape index (κ2) is 1.40. The zero-order valence-electron chi connectivity index (χ0n) is 5.70. The maximum atomic E-state index is 3.96. The number of hydrogen-bond donors (Lipinski definition) is 1. The predicted octanol–water partition coefficient (Wildman–Crippen LogP) is -0.00590. The van der Waals surface area contributed by atoms with Crippen molar-refractivity contribution in [3.05, 3.63) is 0 Å². The van der Waals surface area contributed by atoms with E-state index in [9.17, 15) is 0 Å². The van der Waals surface area contributed by atoms with Crippen LogP contribution >= 0.6 is 0 Å². The minimum Gasteiger partial charge on any atom is -0.351 e. The van der Waals surface area contributed by atoms with Gasteiger partial charge >= 0.3 is 0 Å². The lowest BCUT2D eigenvalue weighted by atomic mass is 9.90. The molecule has 3 aliphatic heterocycles. The molecule has 0 aromatic rings. The van der Waals surface area contributed by atoms with Gasteiger partial charge in [0.05, 0.1) is 18.1 Å². The normalized spacial score (nSPS) is 46.0. The largest absolute Gasteiger partial charge is 0.351 e. The number of nitrogens with one attached hydrogen (secondary N) is 1. The Balaban J connectivity index is 2.21. The molecular weight excluding hydrogens is 114 g/mol. The van der Waals surface area contributed by atoms with Crippen LogP contribution < -0.4 is 5.43 Å². The van der Waals surface area contributed by atoms with Crippen LogP contribution in [0, 0.1) is 0 Å². The number of rotatable bonds is 0. The third-order valence-corrected chi connectivity index (χ3v) is 2.39. The van der Waals surface area contributed by atoms with Crippen LogP contribution in [0.2, 0.25) is 0 Å². The van der Waals surface area contributed by atoms with Gasteiger partial charge in [-0.15, -0.1) is 0 Å². The van der Waals surface area contributed by atoms with Crippen LogP contribution in [0.5, 0.6) is 0 Å². The molecule has 0 aromatic carbocycles. The molecule has 1 fully saturated rings. The molecular formula is C6H11N3. The van der Waals surface area contributed by atoms with E-state index in [1.165, 1.54) is 0 Å². The molecule has 3 heterocycles. The average Bonchev–Trinajstić information content (AvgIpc) is 1.91. The SMILES string of the molecule is CC1C2NN=CN1C2C. The Bertz CT molecular complexity index is 144. The molecule has 0 aromatic heterocycles. The fourth-order valence-electron chi connectivity index (χ4n) is 1.66. The van der Waals surface area contributed by atoms with E-state index in [0.717, 1.165) is 0 Å². The molecule has 2 unspecified atom stereocenters. The van der Waals surface area contributed by atoms with Crippen LogP contribution in [-0.2, 0) is 0 Å². The highest BCUT2D eigenvalue weighted by molar-refractivity contribution is 5.59. The molecule has 3 aliphatic rings. The van der Waals surface area contributed by atoms with Crippen molar-refractivity contribution < 1.29 is 0 Å². The second-order valence-electron chi connectivity index (χ2n) is 2.83. The summed E-state index contributed by atoms with van der Waals surface area (Å²) in [6, 6.07) is 1.89. The number of fused-ring (bicyclic) bond motifs is 1. The molecule has 2 atom stereocenters. The fraction of sp³-hybridized carbons (Fsp3) is 0.833. The van der Waals surface area contributed by atoms with Gasteiger partial charge in [-0.05, 0) is 13.8 Å². The Morgan fingerprint density at radius 2 is 2.11 bits per heavy atom. The van der Waals surface area contributed by atoms with Crippen LogP contribution in [0.3, 0.4) is 0 Å². The standard InChI is InChI=1S/C6H11N3/c1-4-6-5(2)9(4)3-7-8-6/h3-6,8H,1-2H3. The van der Waals surface area contributed by atoms with E-state index >= 15 is 0 Å². The zero-order chi connectivity index (χ0) is 6.43. The van der Waals surface area contributed by atoms with Gasteiger partial charge in [-0.25, -0.2) is 0 Å². The summed E-state index contributed by atoms with van der Waals surface area (Å²) in [4.78, 5) is 2.27. The molecule has 3 rings (SSSR count). The molecule has 0 amide bonds. The van der Waals surface area contributed by atoms with Crippen LogP contribution in [-0.4, -0.2) is 29.4 Å². The van der Waals surface area contributed by atoms with Gasteiger partial charge in [0.1, 0.15) is 6.34 Å². The summed E-state index contributed by atoms with van der Waals surface area (Å²) >= 11 is 0. The molecule has 0 radical (unpaired) electrons. The summed E-state index contributed by atoms with van der Waals surface area (Å²) in [5, 5.41) is 3.96. The van der Waals surface area contributed by atoms with Gasteiger partial charge < -0.3 is 10.3 Å². The first-order valence-corrected chi connectivity index (χ1v) is 3.37. The van der Waals surface area contributed by atoms with Crippen LogP contribution in [0.15, 0.2) is 5.10 Å². The molecule has 3 heteroatoms. The monoisotopic (exact) mass is 125 g/mol. The van der Waals surface area contributed by atoms with Gasteiger partial charge in [-0.2, -0.15) is 5.10 Å². The molecule has 0 spiro atoms. The molecule has 0 aliphatic carbocycles. The smallest absolute Gasteiger partial charge is 0.111 e. The third kappa shape index (κ3) is 0.446. The van der Waals surface area contributed by atoms with Crippen LogP contribution in [0.25, 0.3) is 0 Å². The van der Waals surface area contributed by atoms with E-state index in [0.29, 0.717) is 18.1 Å². The van der Waals surface area contributed by atoms with Gasteiger partial charge in [-0.1, -0.05) is 0 Å². The van der Waals surface area contributed by atoms with E-state index in [1.54, 1.807) is 0 Å². The van der Waals surface area contributed by atoms with E-state index in [-0.39, 0.29) is 0 Å². The lowest BCUT2D eigenvalue weighted by Crippen LogP contribution is -2.71. The Morgan fingerprint density at radius 3 is 2.33 bits per heavy atom. The number of nitrogens with zero attached hydrogens (tertiary/aromatic N) is 2. The minimum absolute atomic E-state index is 0.593. The van der Waals surface area contributed by atoms with E-state index in [1.807, 2.05) is 6.34 Å². The van der Waals surface area contributed by atoms with Gasteiger partial charge in [0.25, 0.3) is 0 Å². The number of hydrazone groups is 1. The highest BCUT2D eigenvalue weighted by Crippen LogP contribution is 2.25. The topological polar surface area (TPSA) is 27.6 Å². The van der Waals surface area contributed by atoms with Crippen molar-refractivity contribution in [2.45, 2.75) is 32.0 Å². The van der Waals surface area contributed by atoms with Crippen molar-refractivity contribution in [1.29, 1.82) is 0 Å². The molecule has 9 heavy (non-hydrogen) atoms. The van der Waals surface area contributed by atoms with Crippen molar-refractivity contribution in [2.75, 3.05) is 0 Å². The highest BCUT2D eigenvalue weighted by Gasteiger charge is 2.43. The third-order valence-electron chi connectivity index (χ3n) is 2.39. The van der Waals surface area contributed by atoms with Gasteiger partial charge in [0.2, 0.25) is 0 Å². The first-order valence-electron chi connectivity index (χ1n) is 3.37. The van der Waals surface area contributed by atoms with Crippen LogP contribution in [0.1, 0.15) is 13.8 Å². The van der Waals surface area contributed by atoms with Crippen molar-refractivity contribution in [3.8, 4) is 0 Å². The second-order valence-corrected chi connectivity index (χ2v) is 2.83. The summed E-state index contributed by atoms with van der Waals surface area (Å²) in [7, 11) is 0. The highest BCUT2D eigenvalue weighted by atomic mass is 15.5. The predicted molar refractivity (Wildman–Crippen MR) is 36.2 cm³/mol. The van der Waals surface area contributed by atoms with Crippen molar-refractivity contribution in [3.63, 3.8) is 0 Å². The van der Waals surface area contributed by atoms with Gasteiger partial charge in [0.15, 0.2) is 0 Å². The Labute approximate surface area is 54.7 Å². The van der Waals surface area contributed by atoms with Crippen molar-refractivity contribution in [2.24, 2.45) is 5.10 Å². The Kier molecular flexibility index (Phi) is 0.793. The first-order chi connectivity index (χ1) is 4.30. The zero-order valence-corrected chi connectivity index (χ0v) is 5.70. The first kappa shape index (κ1) is 5.09. The molecule has 3 nitrogen and oxygen atoms in total. The summed E-state index contributed by atoms with van der Waals surface area (Å²) < 4.78 is 0. The molecule has 50 valence electrons. The maximum Gasteiger partial charge on any atom is 0.111 e. The summed E-state index contributed by atoms with van der Waals surface area (Å²) in [5.74, 6) is 0. The van der Waals surface area contributed by atoms with E-state index in [2.05, 4.69) is 29.3 Å². The van der Waals surface area contributed by atoms with Crippen molar-refractivity contribution >= 4 is 6.34 Å². The van der Waals surface area contributed by atoms with Gasteiger partial charge in [-0.3, -0.25) is 0 Å². The molecule has 1 N–H and O–H groups in total. The van der Waals surface area contributed by atoms with Gasteiger partial charge in [0, 0.05) is 0 Å². The summed E-state index contributed by atoms with van der Waals surface area (Å²) in [6.45, 7) is 4.42. The average molecular weight is 125 g/mol. The van der Waals surface area contributed by atoms with E-state index < -0.39 is 0 Å². The molecule has 2 bridgehead atoms. The minimum atomic E-state index is 0.593. The summed E-state index contributed by atoms with van der Waals surface area (Å²) in [6.07, 6.45) is 1.88. The quantitative estimate of drug-likeness (QED) is 0.493. The maximum absolute atomic E-state index is 3.96. The number of hydrogen-bond acceptors (Lipinski definition) is 3. The fourth-order valence-corrected chi connectivity index (χ4v) is 1.66. The van der Waals surface area contributed by atoms with Crippen molar-refractivity contribution in [1.82, 2.24) is 10.3 Å². The lowest BCUT2D eigenvalue weighted by molar-refractivity contribution is 0.0514. The Hall–Kier alpha value is -0.730.